The Labute approximate surface area is 98.2 Å². The third-order valence-electron chi connectivity index (χ3n) is 3.37. The minimum absolute atomic E-state index is 0.106. The van der Waals surface area contributed by atoms with Crippen molar-refractivity contribution in [3.05, 3.63) is 0 Å². The fourth-order valence-corrected chi connectivity index (χ4v) is 2.48. The molecule has 1 heterocycles. The first-order valence-corrected chi connectivity index (χ1v) is 6.16. The van der Waals surface area contributed by atoms with Crippen LogP contribution in [0.15, 0.2) is 0 Å². The fourth-order valence-electron chi connectivity index (χ4n) is 2.48. The highest BCUT2D eigenvalue weighted by molar-refractivity contribution is 5.79. The van der Waals surface area contributed by atoms with Crippen LogP contribution in [0.3, 0.4) is 0 Å². The van der Waals surface area contributed by atoms with Crippen molar-refractivity contribution in [2.75, 3.05) is 26.7 Å². The van der Waals surface area contributed by atoms with Crippen molar-refractivity contribution in [2.24, 2.45) is 0 Å². The van der Waals surface area contributed by atoms with E-state index < -0.39 is 0 Å². The lowest BCUT2D eigenvalue weighted by Gasteiger charge is -2.39. The number of aliphatic hydroxyl groups is 1. The van der Waals surface area contributed by atoms with Crippen molar-refractivity contribution in [1.29, 1.82) is 0 Å². The predicted molar refractivity (Wildman–Crippen MR) is 64.2 cm³/mol. The molecule has 1 aliphatic rings. The number of carbonyl (C=O) groups is 1. The molecule has 1 saturated heterocycles. The van der Waals surface area contributed by atoms with Gasteiger partial charge in [0, 0.05) is 18.6 Å². The molecule has 1 fully saturated rings. The SMILES string of the molecule is C[C@@H]1CCC[C@H](C)N1C(=O)CN(C)CCO. The average molecular weight is 228 g/mol. The van der Waals surface area contributed by atoms with Gasteiger partial charge in [-0.25, -0.2) is 0 Å². The van der Waals surface area contributed by atoms with E-state index in [1.807, 2.05) is 16.8 Å². The Morgan fingerprint density at radius 2 is 1.94 bits per heavy atom. The highest BCUT2D eigenvalue weighted by Gasteiger charge is 2.28. The maximum atomic E-state index is 12.1. The first-order chi connectivity index (χ1) is 7.56. The summed E-state index contributed by atoms with van der Waals surface area (Å²) < 4.78 is 0. The molecule has 4 heteroatoms. The van der Waals surface area contributed by atoms with Crippen LogP contribution in [-0.2, 0) is 4.79 Å². The molecule has 4 nitrogen and oxygen atoms in total. The lowest BCUT2D eigenvalue weighted by atomic mass is 9.97. The predicted octanol–water partition coefficient (Wildman–Crippen LogP) is 0.700. The van der Waals surface area contributed by atoms with Crippen molar-refractivity contribution in [2.45, 2.75) is 45.2 Å². The molecule has 1 aliphatic heterocycles. The zero-order valence-electron chi connectivity index (χ0n) is 10.6. The molecule has 0 radical (unpaired) electrons. The maximum Gasteiger partial charge on any atom is 0.237 e. The van der Waals surface area contributed by atoms with Gasteiger partial charge in [0.25, 0.3) is 0 Å². The van der Waals surface area contributed by atoms with Crippen LogP contribution in [-0.4, -0.2) is 59.6 Å². The molecule has 0 spiro atoms. The molecule has 94 valence electrons. The van der Waals surface area contributed by atoms with Crippen molar-refractivity contribution < 1.29 is 9.90 Å². The lowest BCUT2D eigenvalue weighted by molar-refractivity contribution is -0.138. The normalized spacial score (nSPS) is 26.2. The van der Waals surface area contributed by atoms with E-state index in [0.717, 1.165) is 12.8 Å². The lowest BCUT2D eigenvalue weighted by Crippen LogP contribution is -2.50. The van der Waals surface area contributed by atoms with E-state index in [9.17, 15) is 4.79 Å². The van der Waals surface area contributed by atoms with Crippen LogP contribution in [0.25, 0.3) is 0 Å². The Morgan fingerprint density at radius 3 is 2.44 bits per heavy atom. The third kappa shape index (κ3) is 3.46. The Kier molecular flexibility index (Phi) is 5.22. The zero-order chi connectivity index (χ0) is 12.1. The van der Waals surface area contributed by atoms with Gasteiger partial charge in [0.2, 0.25) is 5.91 Å². The van der Waals surface area contributed by atoms with Crippen LogP contribution < -0.4 is 0 Å². The van der Waals surface area contributed by atoms with E-state index in [-0.39, 0.29) is 12.5 Å². The van der Waals surface area contributed by atoms with E-state index in [1.54, 1.807) is 0 Å². The molecule has 2 atom stereocenters. The van der Waals surface area contributed by atoms with E-state index >= 15 is 0 Å². The average Bonchev–Trinajstić information content (AvgIpc) is 2.17. The van der Waals surface area contributed by atoms with Gasteiger partial charge in [0.1, 0.15) is 0 Å². The largest absolute Gasteiger partial charge is 0.395 e. The van der Waals surface area contributed by atoms with E-state index in [2.05, 4.69) is 13.8 Å². The highest BCUT2D eigenvalue weighted by Crippen LogP contribution is 2.22. The summed E-state index contributed by atoms with van der Waals surface area (Å²) in [5.74, 6) is 0.190. The third-order valence-corrected chi connectivity index (χ3v) is 3.37. The van der Waals surface area contributed by atoms with Crippen LogP contribution in [0, 0.1) is 0 Å². The summed E-state index contributed by atoms with van der Waals surface area (Å²) in [6.07, 6.45) is 3.44. The molecule has 0 saturated carbocycles. The number of aliphatic hydroxyl groups excluding tert-OH is 1. The Bertz CT molecular complexity index is 223. The maximum absolute atomic E-state index is 12.1. The summed E-state index contributed by atoms with van der Waals surface area (Å²) in [6, 6.07) is 0.720. The second-order valence-corrected chi connectivity index (χ2v) is 4.89. The molecule has 0 aromatic heterocycles. The summed E-state index contributed by atoms with van der Waals surface area (Å²) in [5.41, 5.74) is 0. The Morgan fingerprint density at radius 1 is 1.38 bits per heavy atom. The van der Waals surface area contributed by atoms with Gasteiger partial charge >= 0.3 is 0 Å². The molecule has 1 N–H and O–H groups in total. The minimum atomic E-state index is 0.106. The molecule has 16 heavy (non-hydrogen) atoms. The zero-order valence-corrected chi connectivity index (χ0v) is 10.6. The molecule has 0 aromatic carbocycles. The Balaban J connectivity index is 2.50. The van der Waals surface area contributed by atoms with Gasteiger partial charge in [-0.05, 0) is 40.2 Å². The first-order valence-electron chi connectivity index (χ1n) is 6.16. The number of likely N-dealkylation sites (N-methyl/N-ethyl adjacent to an activating group) is 1. The molecule has 0 unspecified atom stereocenters. The van der Waals surface area contributed by atoms with Crippen LogP contribution >= 0.6 is 0 Å². The summed E-state index contributed by atoms with van der Waals surface area (Å²) in [7, 11) is 1.87. The van der Waals surface area contributed by atoms with Gasteiger partial charge in [-0.15, -0.1) is 0 Å². The van der Waals surface area contributed by atoms with Gasteiger partial charge in [-0.3, -0.25) is 9.69 Å². The van der Waals surface area contributed by atoms with Gasteiger partial charge in [-0.2, -0.15) is 0 Å². The van der Waals surface area contributed by atoms with Gasteiger partial charge in [-0.1, -0.05) is 0 Å². The number of carbonyl (C=O) groups excluding carboxylic acids is 1. The second kappa shape index (κ2) is 6.21. The second-order valence-electron chi connectivity index (χ2n) is 4.89. The number of hydrogen-bond acceptors (Lipinski definition) is 3. The summed E-state index contributed by atoms with van der Waals surface area (Å²) >= 11 is 0. The summed E-state index contributed by atoms with van der Waals surface area (Å²) in [6.45, 7) is 5.33. The smallest absolute Gasteiger partial charge is 0.237 e. The summed E-state index contributed by atoms with van der Waals surface area (Å²) in [5, 5.41) is 8.80. The van der Waals surface area contributed by atoms with Gasteiger partial charge in [0.05, 0.1) is 13.2 Å². The molecule has 0 bridgehead atoms. The van der Waals surface area contributed by atoms with Crippen molar-refractivity contribution >= 4 is 5.91 Å². The number of piperidine rings is 1. The van der Waals surface area contributed by atoms with Gasteiger partial charge in [0.15, 0.2) is 0 Å². The van der Waals surface area contributed by atoms with E-state index in [0.29, 0.717) is 25.2 Å². The number of likely N-dealkylation sites (tertiary alicyclic amines) is 1. The molecule has 0 aromatic rings. The summed E-state index contributed by atoms with van der Waals surface area (Å²) in [4.78, 5) is 16.0. The Hall–Kier alpha value is -0.610. The minimum Gasteiger partial charge on any atom is -0.395 e. The number of nitrogens with zero attached hydrogens (tertiary/aromatic N) is 2. The molecule has 0 aliphatic carbocycles. The molecular formula is C12H24N2O2. The fraction of sp³-hybridized carbons (Fsp3) is 0.917. The quantitative estimate of drug-likeness (QED) is 0.770. The topological polar surface area (TPSA) is 43.8 Å². The standard InChI is InChI=1S/C12H24N2O2/c1-10-5-4-6-11(2)14(10)12(16)9-13(3)7-8-15/h10-11,15H,4-9H2,1-3H3/t10-,11+. The van der Waals surface area contributed by atoms with Crippen molar-refractivity contribution in [3.63, 3.8) is 0 Å². The first kappa shape index (κ1) is 13.5. The number of hydrogen-bond donors (Lipinski definition) is 1. The van der Waals surface area contributed by atoms with Crippen LogP contribution in [0.2, 0.25) is 0 Å². The highest BCUT2D eigenvalue weighted by atomic mass is 16.3. The van der Waals surface area contributed by atoms with Crippen LogP contribution in [0.1, 0.15) is 33.1 Å². The van der Waals surface area contributed by atoms with Crippen molar-refractivity contribution in [1.82, 2.24) is 9.80 Å². The monoisotopic (exact) mass is 228 g/mol. The van der Waals surface area contributed by atoms with E-state index in [1.165, 1.54) is 6.42 Å². The van der Waals surface area contributed by atoms with Gasteiger partial charge < -0.3 is 10.0 Å². The van der Waals surface area contributed by atoms with Crippen molar-refractivity contribution in [3.8, 4) is 0 Å². The molecule has 1 rings (SSSR count). The van der Waals surface area contributed by atoms with Crippen LogP contribution in [0.5, 0.6) is 0 Å². The molecular weight excluding hydrogens is 204 g/mol. The molecule has 1 amide bonds. The number of rotatable bonds is 4. The number of amides is 1. The van der Waals surface area contributed by atoms with E-state index in [4.69, 9.17) is 5.11 Å². The van der Waals surface area contributed by atoms with Crippen LogP contribution in [0.4, 0.5) is 0 Å².